The molecule has 29 heavy (non-hydrogen) atoms. The van der Waals surface area contributed by atoms with Crippen LogP contribution in [0.2, 0.25) is 0 Å². The summed E-state index contributed by atoms with van der Waals surface area (Å²) >= 11 is 0. The lowest BCUT2D eigenvalue weighted by Crippen LogP contribution is -2.20. The van der Waals surface area contributed by atoms with Crippen molar-refractivity contribution in [3.8, 4) is 0 Å². The Morgan fingerprint density at radius 3 is 2.69 bits per heavy atom. The van der Waals surface area contributed by atoms with Crippen molar-refractivity contribution in [2.75, 3.05) is 19.6 Å². The highest BCUT2D eigenvalue weighted by atomic mass is 16.3. The third-order valence-corrected chi connectivity index (χ3v) is 7.53. The molecular formula is C26H45NO2. The van der Waals surface area contributed by atoms with Crippen molar-refractivity contribution in [1.29, 1.82) is 0 Å². The van der Waals surface area contributed by atoms with Crippen molar-refractivity contribution in [2.24, 2.45) is 17.8 Å². The van der Waals surface area contributed by atoms with Crippen LogP contribution in [0.3, 0.4) is 0 Å². The van der Waals surface area contributed by atoms with Gasteiger partial charge in [0.1, 0.15) is 0 Å². The van der Waals surface area contributed by atoms with Crippen LogP contribution in [0.1, 0.15) is 90.4 Å². The van der Waals surface area contributed by atoms with Crippen molar-refractivity contribution in [2.45, 2.75) is 103 Å². The third-order valence-electron chi connectivity index (χ3n) is 7.53. The molecule has 0 aromatic heterocycles. The molecule has 2 fully saturated rings. The first-order chi connectivity index (χ1) is 14.2. The maximum atomic E-state index is 10.5. The molecule has 3 nitrogen and oxygen atoms in total. The van der Waals surface area contributed by atoms with Gasteiger partial charge in [0.05, 0.1) is 12.2 Å². The summed E-state index contributed by atoms with van der Waals surface area (Å²) in [6.07, 6.45) is 21.9. The van der Waals surface area contributed by atoms with Crippen LogP contribution < -0.4 is 0 Å². The highest BCUT2D eigenvalue weighted by molar-refractivity contribution is 5.20. The first-order valence-corrected chi connectivity index (χ1v) is 12.6. The Labute approximate surface area is 179 Å². The Bertz CT molecular complexity index is 523. The van der Waals surface area contributed by atoms with E-state index in [9.17, 15) is 10.2 Å². The number of allylic oxidation sites excluding steroid dienone is 2. The zero-order chi connectivity index (χ0) is 20.5. The van der Waals surface area contributed by atoms with Crippen molar-refractivity contribution >= 4 is 0 Å². The zero-order valence-electron chi connectivity index (χ0n) is 18.8. The van der Waals surface area contributed by atoms with Gasteiger partial charge in [-0.2, -0.15) is 0 Å². The second-order valence-electron chi connectivity index (χ2n) is 9.90. The summed E-state index contributed by atoms with van der Waals surface area (Å²) in [6, 6.07) is 0. The molecule has 0 spiro atoms. The van der Waals surface area contributed by atoms with E-state index in [1.165, 1.54) is 77.4 Å². The fourth-order valence-electron chi connectivity index (χ4n) is 5.79. The number of nitrogens with zero attached hydrogens (tertiary/aromatic N) is 1. The van der Waals surface area contributed by atoms with Crippen LogP contribution in [0, 0.1) is 17.8 Å². The molecule has 2 N–H and O–H groups in total. The van der Waals surface area contributed by atoms with Gasteiger partial charge in [0.2, 0.25) is 0 Å². The molecule has 1 saturated carbocycles. The van der Waals surface area contributed by atoms with E-state index in [1.54, 1.807) is 5.57 Å². The van der Waals surface area contributed by atoms with Gasteiger partial charge >= 0.3 is 0 Å². The maximum absolute atomic E-state index is 10.5. The van der Waals surface area contributed by atoms with Gasteiger partial charge < -0.3 is 15.1 Å². The minimum absolute atomic E-state index is 0.229. The predicted molar refractivity (Wildman–Crippen MR) is 122 cm³/mol. The van der Waals surface area contributed by atoms with Crippen LogP contribution in [0.4, 0.5) is 0 Å². The number of hydrogen-bond acceptors (Lipinski definition) is 3. The van der Waals surface area contributed by atoms with E-state index in [0.29, 0.717) is 11.8 Å². The summed E-state index contributed by atoms with van der Waals surface area (Å²) in [6.45, 7) is 6.15. The maximum Gasteiger partial charge on any atom is 0.0721 e. The lowest BCUT2D eigenvalue weighted by atomic mass is 9.88. The average molecular weight is 404 g/mol. The van der Waals surface area contributed by atoms with Gasteiger partial charge in [-0.25, -0.2) is 0 Å². The van der Waals surface area contributed by atoms with Gasteiger partial charge in [0, 0.05) is 5.92 Å². The zero-order valence-corrected chi connectivity index (χ0v) is 18.8. The predicted octanol–water partition coefficient (Wildman–Crippen LogP) is 5.47. The van der Waals surface area contributed by atoms with Crippen molar-refractivity contribution in [1.82, 2.24) is 4.90 Å². The quantitative estimate of drug-likeness (QED) is 0.316. The van der Waals surface area contributed by atoms with Crippen molar-refractivity contribution in [3.05, 3.63) is 23.8 Å². The first-order valence-electron chi connectivity index (χ1n) is 12.6. The van der Waals surface area contributed by atoms with Crippen LogP contribution in [0.5, 0.6) is 0 Å². The molecule has 0 amide bonds. The van der Waals surface area contributed by atoms with Crippen molar-refractivity contribution < 1.29 is 10.2 Å². The summed E-state index contributed by atoms with van der Waals surface area (Å²) in [5, 5.41) is 20.7. The molecule has 0 aromatic carbocycles. The van der Waals surface area contributed by atoms with E-state index >= 15 is 0 Å². The number of likely N-dealkylation sites (tertiary alicyclic amines) is 1. The molecule has 1 saturated heterocycles. The topological polar surface area (TPSA) is 43.7 Å². The molecule has 3 aliphatic rings. The van der Waals surface area contributed by atoms with Crippen LogP contribution >= 0.6 is 0 Å². The van der Waals surface area contributed by atoms with Gasteiger partial charge in [0.15, 0.2) is 0 Å². The average Bonchev–Trinajstić information content (AvgIpc) is 3.40. The number of aliphatic hydroxyl groups excluding tert-OH is 2. The molecule has 3 rings (SSSR count). The standard InChI is InChI=1S/C26H45NO2/c1-2-3-6-12-23(28)13-14-24-25-19-21(18-22(25)20-26(24)29)11-7-4-5-8-15-27-16-9-10-17-27/h13-14,18,22-26,28-29H,2-12,15-17,19-20H2,1H3/t22-,23-,24+,25-,26+/m0/s1. The van der Waals surface area contributed by atoms with Gasteiger partial charge in [-0.3, -0.25) is 0 Å². The number of fused-ring (bicyclic) bond motifs is 1. The number of rotatable bonds is 13. The molecule has 166 valence electrons. The summed E-state index contributed by atoms with van der Waals surface area (Å²) in [5.41, 5.74) is 1.63. The van der Waals surface area contributed by atoms with E-state index in [-0.39, 0.29) is 18.1 Å². The fourth-order valence-corrected chi connectivity index (χ4v) is 5.79. The summed E-state index contributed by atoms with van der Waals surface area (Å²) < 4.78 is 0. The normalized spacial score (nSPS) is 30.9. The number of unbranched alkanes of at least 4 members (excludes halogenated alkanes) is 5. The largest absolute Gasteiger partial charge is 0.392 e. The van der Waals surface area contributed by atoms with E-state index in [1.807, 2.05) is 6.08 Å². The molecule has 1 heterocycles. The van der Waals surface area contributed by atoms with Crippen LogP contribution in [-0.4, -0.2) is 47.0 Å². The van der Waals surface area contributed by atoms with E-state index in [4.69, 9.17) is 0 Å². The first kappa shape index (κ1) is 23.0. The van der Waals surface area contributed by atoms with Crippen molar-refractivity contribution in [3.63, 3.8) is 0 Å². The Morgan fingerprint density at radius 1 is 1.10 bits per heavy atom. The van der Waals surface area contributed by atoms with E-state index in [0.717, 1.165) is 25.7 Å². The highest BCUT2D eigenvalue weighted by Crippen LogP contribution is 2.48. The van der Waals surface area contributed by atoms with E-state index < -0.39 is 0 Å². The van der Waals surface area contributed by atoms with Gasteiger partial charge in [-0.15, -0.1) is 0 Å². The van der Waals surface area contributed by atoms with Gasteiger partial charge in [-0.1, -0.05) is 62.8 Å². The molecule has 1 aliphatic heterocycles. The summed E-state index contributed by atoms with van der Waals surface area (Å²) in [4.78, 5) is 2.63. The highest BCUT2D eigenvalue weighted by Gasteiger charge is 2.43. The minimum atomic E-state index is -0.345. The smallest absolute Gasteiger partial charge is 0.0721 e. The summed E-state index contributed by atoms with van der Waals surface area (Å²) in [5.74, 6) is 1.35. The SMILES string of the molecule is CCCCC[C@H](O)C=C[C@@H]1[C@H]2CC(CCCCCCN3CCCC3)=C[C@H]2C[C@H]1O. The molecule has 0 radical (unpaired) electrons. The van der Waals surface area contributed by atoms with Gasteiger partial charge in [-0.05, 0) is 82.8 Å². The second-order valence-corrected chi connectivity index (χ2v) is 9.90. The molecule has 0 unspecified atom stereocenters. The lowest BCUT2D eigenvalue weighted by molar-refractivity contribution is 0.139. The van der Waals surface area contributed by atoms with Crippen LogP contribution in [0.15, 0.2) is 23.8 Å². The fraction of sp³-hybridized carbons (Fsp3) is 0.846. The van der Waals surface area contributed by atoms with Gasteiger partial charge in [0.25, 0.3) is 0 Å². The Morgan fingerprint density at radius 2 is 1.90 bits per heavy atom. The summed E-state index contributed by atoms with van der Waals surface area (Å²) in [7, 11) is 0. The minimum Gasteiger partial charge on any atom is -0.392 e. The van der Waals surface area contributed by atoms with E-state index in [2.05, 4.69) is 24.0 Å². The molecule has 0 bridgehead atoms. The lowest BCUT2D eigenvalue weighted by Gasteiger charge is -2.19. The molecule has 0 aromatic rings. The molecule has 5 atom stereocenters. The molecule has 2 aliphatic carbocycles. The Kier molecular flexibility index (Phi) is 9.75. The Balaban J connectivity index is 1.32. The molecule has 3 heteroatoms. The van der Waals surface area contributed by atoms with Crippen LogP contribution in [-0.2, 0) is 0 Å². The van der Waals surface area contributed by atoms with Crippen LogP contribution in [0.25, 0.3) is 0 Å². The second kappa shape index (κ2) is 12.3. The number of hydrogen-bond donors (Lipinski definition) is 2. The molecular weight excluding hydrogens is 358 g/mol. The Hall–Kier alpha value is -0.640. The third kappa shape index (κ3) is 7.22. The number of aliphatic hydroxyl groups is 2. The monoisotopic (exact) mass is 403 g/mol.